The number of amides is 1. The van der Waals surface area contributed by atoms with Gasteiger partial charge < -0.3 is 0 Å². The molecule has 1 amide bonds. The monoisotopic (exact) mass is 287 g/mol. The fraction of sp³-hybridized carbons (Fsp3) is 0.125. The molecule has 2 aromatic carbocycles. The topological polar surface area (TPSA) is 46.6 Å². The van der Waals surface area contributed by atoms with Crippen LogP contribution in [0.25, 0.3) is 0 Å². The average molecular weight is 287 g/mol. The van der Waals surface area contributed by atoms with E-state index in [0.29, 0.717) is 5.56 Å². The summed E-state index contributed by atoms with van der Waals surface area (Å²) in [6.07, 6.45) is 0. The molecule has 5 heteroatoms. The number of rotatable bonds is 4. The molecule has 0 N–H and O–H groups in total. The lowest BCUT2D eigenvalue weighted by Gasteiger charge is -2.15. The van der Waals surface area contributed by atoms with E-state index < -0.39 is 11.7 Å². The van der Waals surface area contributed by atoms with Gasteiger partial charge in [0.25, 0.3) is 5.91 Å². The van der Waals surface area contributed by atoms with Crippen molar-refractivity contribution in [1.82, 2.24) is 5.06 Å². The number of halogens is 1. The summed E-state index contributed by atoms with van der Waals surface area (Å²) in [5.74, 6) is -1.19. The van der Waals surface area contributed by atoms with Crippen LogP contribution in [-0.2, 0) is 4.84 Å². The lowest BCUT2D eigenvalue weighted by Crippen LogP contribution is -2.27. The molecule has 0 heterocycles. The normalized spacial score (nSPS) is 10.2. The minimum Gasteiger partial charge on any atom is -0.289 e. The largest absolute Gasteiger partial charge is 0.289 e. The zero-order valence-corrected chi connectivity index (χ0v) is 11.7. The Hall–Kier alpha value is -2.53. The molecule has 0 aliphatic carbocycles. The molecule has 4 nitrogen and oxygen atoms in total. The van der Waals surface area contributed by atoms with Crippen LogP contribution in [0.4, 0.5) is 4.39 Å². The fourth-order valence-electron chi connectivity index (χ4n) is 1.88. The molecule has 0 unspecified atom stereocenters. The van der Waals surface area contributed by atoms with Gasteiger partial charge >= 0.3 is 0 Å². The SMILES string of the molecule is CON(C)C(=O)c1ccccc1C(=O)c1ccc(F)cc1. The minimum absolute atomic E-state index is 0.233. The summed E-state index contributed by atoms with van der Waals surface area (Å²) in [6.45, 7) is 0. The highest BCUT2D eigenvalue weighted by atomic mass is 19.1. The zero-order valence-electron chi connectivity index (χ0n) is 11.7. The predicted octanol–water partition coefficient (Wildman–Crippen LogP) is 2.69. The Balaban J connectivity index is 2.42. The summed E-state index contributed by atoms with van der Waals surface area (Å²) in [7, 11) is 2.82. The number of carbonyl (C=O) groups excluding carboxylic acids is 2. The maximum atomic E-state index is 12.9. The van der Waals surface area contributed by atoms with E-state index in [-0.39, 0.29) is 16.9 Å². The first-order chi connectivity index (χ1) is 10.0. The maximum absolute atomic E-state index is 12.9. The van der Waals surface area contributed by atoms with Crippen LogP contribution in [0.15, 0.2) is 48.5 Å². The third kappa shape index (κ3) is 3.14. The van der Waals surface area contributed by atoms with Gasteiger partial charge in [0.2, 0.25) is 0 Å². The van der Waals surface area contributed by atoms with Gasteiger partial charge in [-0.25, -0.2) is 9.45 Å². The summed E-state index contributed by atoms with van der Waals surface area (Å²) in [4.78, 5) is 29.5. The van der Waals surface area contributed by atoms with Gasteiger partial charge in [0.15, 0.2) is 5.78 Å². The van der Waals surface area contributed by atoms with Crippen LogP contribution in [0.1, 0.15) is 26.3 Å². The molecule has 0 aromatic heterocycles. The van der Waals surface area contributed by atoms with E-state index in [4.69, 9.17) is 4.84 Å². The first-order valence-electron chi connectivity index (χ1n) is 6.26. The Labute approximate surface area is 121 Å². The van der Waals surface area contributed by atoms with E-state index in [2.05, 4.69) is 0 Å². The van der Waals surface area contributed by atoms with E-state index in [9.17, 15) is 14.0 Å². The van der Waals surface area contributed by atoms with Gasteiger partial charge in [0.05, 0.1) is 12.7 Å². The van der Waals surface area contributed by atoms with Gasteiger partial charge in [0, 0.05) is 18.2 Å². The molecule has 2 rings (SSSR count). The maximum Gasteiger partial charge on any atom is 0.277 e. The summed E-state index contributed by atoms with van der Waals surface area (Å²) in [6, 6.07) is 11.6. The smallest absolute Gasteiger partial charge is 0.277 e. The van der Waals surface area contributed by atoms with Gasteiger partial charge in [0.1, 0.15) is 5.82 Å². The molecule has 0 fully saturated rings. The molecule has 21 heavy (non-hydrogen) atoms. The average Bonchev–Trinajstić information content (AvgIpc) is 2.53. The number of nitrogens with zero attached hydrogens (tertiary/aromatic N) is 1. The molecular formula is C16H14FNO3. The van der Waals surface area contributed by atoms with Crippen LogP contribution < -0.4 is 0 Å². The quantitative estimate of drug-likeness (QED) is 0.641. The Morgan fingerprint density at radius 2 is 1.57 bits per heavy atom. The summed E-state index contributed by atoms with van der Waals surface area (Å²) in [5, 5.41) is 1.04. The van der Waals surface area contributed by atoms with Crippen LogP contribution in [-0.4, -0.2) is 30.9 Å². The van der Waals surface area contributed by atoms with E-state index in [1.54, 1.807) is 24.3 Å². The molecule has 2 aromatic rings. The lowest BCUT2D eigenvalue weighted by atomic mass is 9.98. The van der Waals surface area contributed by atoms with Crippen LogP contribution >= 0.6 is 0 Å². The van der Waals surface area contributed by atoms with Gasteiger partial charge in [-0.15, -0.1) is 0 Å². The van der Waals surface area contributed by atoms with Crippen molar-refractivity contribution in [2.75, 3.05) is 14.2 Å². The number of ketones is 1. The Kier molecular flexibility index (Phi) is 4.45. The molecule has 108 valence electrons. The van der Waals surface area contributed by atoms with E-state index in [1.807, 2.05) is 0 Å². The highest BCUT2D eigenvalue weighted by molar-refractivity contribution is 6.15. The third-order valence-electron chi connectivity index (χ3n) is 3.07. The fourth-order valence-corrected chi connectivity index (χ4v) is 1.88. The van der Waals surface area contributed by atoms with Crippen molar-refractivity contribution in [3.05, 3.63) is 71.0 Å². The third-order valence-corrected chi connectivity index (χ3v) is 3.07. The zero-order chi connectivity index (χ0) is 15.4. The molecule has 0 saturated carbocycles. The van der Waals surface area contributed by atoms with Crippen molar-refractivity contribution < 1.29 is 18.8 Å². The van der Waals surface area contributed by atoms with Crippen molar-refractivity contribution in [2.45, 2.75) is 0 Å². The van der Waals surface area contributed by atoms with E-state index in [1.165, 1.54) is 38.4 Å². The Bertz CT molecular complexity index is 667. The summed E-state index contributed by atoms with van der Waals surface area (Å²) in [5.41, 5.74) is 0.797. The molecule has 0 spiro atoms. The van der Waals surface area contributed by atoms with Crippen LogP contribution in [0.5, 0.6) is 0 Å². The molecule has 0 aliphatic rings. The van der Waals surface area contributed by atoms with E-state index >= 15 is 0 Å². The van der Waals surface area contributed by atoms with Gasteiger partial charge in [-0.2, -0.15) is 0 Å². The van der Waals surface area contributed by atoms with Gasteiger partial charge in [-0.1, -0.05) is 18.2 Å². The Morgan fingerprint density at radius 1 is 1.00 bits per heavy atom. The van der Waals surface area contributed by atoms with Crippen molar-refractivity contribution in [3.8, 4) is 0 Å². The number of hydroxylamine groups is 2. The van der Waals surface area contributed by atoms with E-state index in [0.717, 1.165) is 5.06 Å². The van der Waals surface area contributed by atoms with Gasteiger partial charge in [-0.05, 0) is 30.3 Å². The minimum atomic E-state index is -0.427. The first kappa shape index (κ1) is 14.9. The second kappa shape index (κ2) is 6.28. The highest BCUT2D eigenvalue weighted by Crippen LogP contribution is 2.16. The van der Waals surface area contributed by atoms with Crippen LogP contribution in [0, 0.1) is 5.82 Å². The van der Waals surface area contributed by atoms with Gasteiger partial charge in [-0.3, -0.25) is 14.4 Å². The van der Waals surface area contributed by atoms with Crippen molar-refractivity contribution in [1.29, 1.82) is 0 Å². The molecule has 0 saturated heterocycles. The number of hydrogen-bond donors (Lipinski definition) is 0. The number of carbonyl (C=O) groups is 2. The van der Waals surface area contributed by atoms with Crippen molar-refractivity contribution >= 4 is 11.7 Å². The van der Waals surface area contributed by atoms with Crippen molar-refractivity contribution in [2.24, 2.45) is 0 Å². The van der Waals surface area contributed by atoms with Crippen molar-refractivity contribution in [3.63, 3.8) is 0 Å². The van der Waals surface area contributed by atoms with Crippen LogP contribution in [0.3, 0.4) is 0 Å². The molecular weight excluding hydrogens is 273 g/mol. The highest BCUT2D eigenvalue weighted by Gasteiger charge is 2.20. The predicted molar refractivity (Wildman–Crippen MR) is 75.4 cm³/mol. The molecule has 0 aliphatic heterocycles. The molecule has 0 radical (unpaired) electrons. The Morgan fingerprint density at radius 3 is 2.14 bits per heavy atom. The second-order valence-corrected chi connectivity index (χ2v) is 4.37. The number of hydrogen-bond acceptors (Lipinski definition) is 3. The summed E-state index contributed by atoms with van der Waals surface area (Å²) < 4.78 is 12.9. The van der Waals surface area contributed by atoms with Crippen LogP contribution in [0.2, 0.25) is 0 Å². The summed E-state index contributed by atoms with van der Waals surface area (Å²) >= 11 is 0. The standard InChI is InChI=1S/C16H14FNO3/c1-18(21-2)16(20)14-6-4-3-5-13(14)15(19)11-7-9-12(17)10-8-11/h3-10H,1-2H3. The molecule has 0 atom stereocenters. The number of benzene rings is 2. The lowest BCUT2D eigenvalue weighted by molar-refractivity contribution is -0.0757. The first-order valence-corrected chi connectivity index (χ1v) is 6.26. The second-order valence-electron chi connectivity index (χ2n) is 4.37. The molecule has 0 bridgehead atoms.